The molecule has 3 aromatic rings. The Morgan fingerprint density at radius 1 is 1.25 bits per heavy atom. The Balaban J connectivity index is 1.71. The molecule has 1 fully saturated rings. The van der Waals surface area contributed by atoms with Gasteiger partial charge < -0.3 is 18.6 Å². The fourth-order valence-electron chi connectivity index (χ4n) is 4.16. The highest BCUT2D eigenvalue weighted by Gasteiger charge is 2.40. The molecule has 1 aliphatic heterocycles. The van der Waals surface area contributed by atoms with Gasteiger partial charge in [0, 0.05) is 49.9 Å². The topological polar surface area (TPSA) is 80.5 Å². The van der Waals surface area contributed by atoms with Crippen molar-refractivity contribution in [1.29, 1.82) is 0 Å². The van der Waals surface area contributed by atoms with E-state index in [1.165, 1.54) is 0 Å². The zero-order valence-corrected chi connectivity index (χ0v) is 24.3. The molecule has 3 aromatic heterocycles. The average Bonchev–Trinajstić information content (AvgIpc) is 3.42. The summed E-state index contributed by atoms with van der Waals surface area (Å²) in [6.45, 7) is 16.7. The molecule has 0 N–H and O–H groups in total. The van der Waals surface area contributed by atoms with Crippen LogP contribution in [0.1, 0.15) is 45.5 Å². The number of pyridine rings is 2. The number of hydrogen-bond acceptors (Lipinski definition) is 7. The van der Waals surface area contributed by atoms with Crippen LogP contribution in [0.15, 0.2) is 24.4 Å². The lowest BCUT2D eigenvalue weighted by atomic mass is 9.97. The highest BCUT2D eigenvalue weighted by molar-refractivity contribution is 6.74. The third-order valence-electron chi connectivity index (χ3n) is 7.35. The smallest absolute Gasteiger partial charge is 0.192 e. The summed E-state index contributed by atoms with van der Waals surface area (Å²) in [4.78, 5) is 9.18. The van der Waals surface area contributed by atoms with Crippen LogP contribution in [0.5, 0.6) is 5.75 Å². The van der Waals surface area contributed by atoms with E-state index in [1.807, 2.05) is 19.1 Å². The zero-order chi connectivity index (χ0) is 26.3. The average molecular weight is 533 g/mol. The van der Waals surface area contributed by atoms with Crippen LogP contribution in [0, 0.1) is 6.92 Å². The van der Waals surface area contributed by atoms with E-state index >= 15 is 0 Å². The van der Waals surface area contributed by atoms with Crippen LogP contribution >= 0.6 is 11.6 Å². The molecule has 0 unspecified atom stereocenters. The molecule has 1 saturated heterocycles. The lowest BCUT2D eigenvalue weighted by Gasteiger charge is -2.38. The van der Waals surface area contributed by atoms with E-state index in [0.717, 1.165) is 22.3 Å². The first-order valence-corrected chi connectivity index (χ1v) is 15.6. The van der Waals surface area contributed by atoms with Gasteiger partial charge in [-0.2, -0.15) is 5.10 Å². The number of methoxy groups -OCH3 is 1. The first kappa shape index (κ1) is 27.0. The van der Waals surface area contributed by atoms with Gasteiger partial charge in [-0.3, -0.25) is 0 Å². The lowest BCUT2D eigenvalue weighted by Crippen LogP contribution is -2.44. The van der Waals surface area contributed by atoms with Gasteiger partial charge in [-0.05, 0) is 32.0 Å². The molecule has 10 heteroatoms. The predicted octanol–water partition coefficient (Wildman–Crippen LogP) is 5.83. The minimum absolute atomic E-state index is 0.0604. The molecular weight excluding hydrogens is 496 g/mol. The van der Waals surface area contributed by atoms with E-state index in [0.29, 0.717) is 43.0 Å². The highest BCUT2D eigenvalue weighted by Crippen LogP contribution is 2.38. The van der Waals surface area contributed by atoms with Gasteiger partial charge in [0.25, 0.3) is 0 Å². The van der Waals surface area contributed by atoms with Crippen LogP contribution in [0.3, 0.4) is 0 Å². The molecule has 4 heterocycles. The number of aromatic nitrogens is 4. The third-order valence-corrected chi connectivity index (χ3v) is 12.2. The molecule has 4 rings (SSSR count). The van der Waals surface area contributed by atoms with Crippen LogP contribution < -0.4 is 4.74 Å². The number of nitrogens with zero attached hydrogens (tertiary/aromatic N) is 4. The summed E-state index contributed by atoms with van der Waals surface area (Å²) in [5.41, 5.74) is 1.77. The fraction of sp³-hybridized carbons (Fsp3) is 0.577. The van der Waals surface area contributed by atoms with Crippen LogP contribution in [-0.4, -0.2) is 61.1 Å². The van der Waals surface area contributed by atoms with Crippen LogP contribution in [0.25, 0.3) is 16.7 Å². The molecule has 0 aliphatic carbocycles. The van der Waals surface area contributed by atoms with Gasteiger partial charge in [0.15, 0.2) is 14.1 Å². The van der Waals surface area contributed by atoms with Crippen molar-refractivity contribution in [2.45, 2.75) is 70.9 Å². The molecule has 36 heavy (non-hydrogen) atoms. The first-order valence-electron chi connectivity index (χ1n) is 12.3. The quantitative estimate of drug-likeness (QED) is 0.267. The van der Waals surface area contributed by atoms with Crippen LogP contribution in [-0.2, 0) is 19.5 Å². The molecule has 2 atom stereocenters. The Bertz CT molecular complexity index is 1230. The maximum atomic E-state index is 6.50. The molecular formula is C26H37ClN4O4Si. The Kier molecular flexibility index (Phi) is 7.52. The summed E-state index contributed by atoms with van der Waals surface area (Å²) in [6, 6.07) is 5.63. The molecule has 8 nitrogen and oxygen atoms in total. The maximum absolute atomic E-state index is 6.50. The third kappa shape index (κ3) is 5.31. The van der Waals surface area contributed by atoms with Gasteiger partial charge in [0.1, 0.15) is 23.1 Å². The van der Waals surface area contributed by atoms with Gasteiger partial charge >= 0.3 is 0 Å². The normalized spacial score (nSPS) is 19.7. The molecule has 196 valence electrons. The second-order valence-corrected chi connectivity index (χ2v) is 16.2. The number of rotatable bonds is 8. The van der Waals surface area contributed by atoms with Crippen molar-refractivity contribution in [3.63, 3.8) is 0 Å². The fourth-order valence-corrected chi connectivity index (χ4v) is 5.74. The van der Waals surface area contributed by atoms with E-state index in [2.05, 4.69) is 45.8 Å². The SMILES string of the molecule is CO[C@@]1(c2cc(OC[C@@H](C)O[Si](C)(C)C(C)(C)C)cc(-n3nc(C)c4cnc(Cl)cc43)n2)CCOC1. The standard InChI is InChI=1S/C26H37ClN4O4Si/c1-17(35-36(7,8)25(3,4)5)15-34-19-11-22(26(32-6)9-10-33-16-26)29-24(12-19)31-21-13-23(27)28-14-20(21)18(2)30-31/h11-14,17H,9-10,15-16H2,1-8H3/t17-,26+/m1/s1. The summed E-state index contributed by atoms with van der Waals surface area (Å²) in [5, 5.41) is 6.17. The number of hydrogen-bond donors (Lipinski definition) is 0. The second kappa shape index (κ2) is 10.0. The van der Waals surface area contributed by atoms with Crippen molar-refractivity contribution in [2.75, 3.05) is 26.9 Å². The van der Waals surface area contributed by atoms with Gasteiger partial charge in [-0.25, -0.2) is 14.6 Å². The minimum Gasteiger partial charge on any atom is -0.491 e. The predicted molar refractivity (Wildman–Crippen MR) is 144 cm³/mol. The van der Waals surface area contributed by atoms with Crippen molar-refractivity contribution in [2.24, 2.45) is 0 Å². The lowest BCUT2D eigenvalue weighted by molar-refractivity contribution is -0.0248. The summed E-state index contributed by atoms with van der Waals surface area (Å²) >= 11 is 6.22. The van der Waals surface area contributed by atoms with Gasteiger partial charge in [0.2, 0.25) is 0 Å². The van der Waals surface area contributed by atoms with E-state index < -0.39 is 13.9 Å². The van der Waals surface area contributed by atoms with Crippen molar-refractivity contribution in [3.05, 3.63) is 40.9 Å². The molecule has 0 radical (unpaired) electrons. The van der Waals surface area contributed by atoms with Crippen molar-refractivity contribution in [3.8, 4) is 11.6 Å². The van der Waals surface area contributed by atoms with E-state index in [1.54, 1.807) is 24.1 Å². The van der Waals surface area contributed by atoms with E-state index in [-0.39, 0.29) is 11.1 Å². The Hall–Kier alpha value is -2.04. The van der Waals surface area contributed by atoms with E-state index in [4.69, 9.17) is 40.3 Å². The summed E-state index contributed by atoms with van der Waals surface area (Å²) in [5.74, 6) is 1.29. The molecule has 0 amide bonds. The molecule has 0 aromatic carbocycles. The van der Waals surface area contributed by atoms with E-state index in [9.17, 15) is 0 Å². The molecule has 1 aliphatic rings. The summed E-state index contributed by atoms with van der Waals surface area (Å²) < 4.78 is 26.2. The largest absolute Gasteiger partial charge is 0.491 e. The Morgan fingerprint density at radius 2 is 2.00 bits per heavy atom. The van der Waals surface area contributed by atoms with Gasteiger partial charge in [-0.1, -0.05) is 32.4 Å². The minimum atomic E-state index is -1.91. The van der Waals surface area contributed by atoms with Crippen LogP contribution in [0.2, 0.25) is 23.3 Å². The van der Waals surface area contributed by atoms with Gasteiger partial charge in [0.05, 0.1) is 29.6 Å². The van der Waals surface area contributed by atoms with Crippen molar-refractivity contribution < 1.29 is 18.6 Å². The molecule has 0 saturated carbocycles. The number of halogens is 1. The summed E-state index contributed by atoms with van der Waals surface area (Å²) in [7, 11) is -0.222. The highest BCUT2D eigenvalue weighted by atomic mass is 35.5. The van der Waals surface area contributed by atoms with Crippen LogP contribution in [0.4, 0.5) is 0 Å². The van der Waals surface area contributed by atoms with Gasteiger partial charge in [-0.15, -0.1) is 0 Å². The number of ether oxygens (including phenoxy) is 3. The Labute approximate surface area is 219 Å². The zero-order valence-electron chi connectivity index (χ0n) is 22.5. The van der Waals surface area contributed by atoms with Crippen molar-refractivity contribution in [1.82, 2.24) is 19.7 Å². The Morgan fingerprint density at radius 3 is 2.64 bits per heavy atom. The molecule has 0 spiro atoms. The monoisotopic (exact) mass is 532 g/mol. The maximum Gasteiger partial charge on any atom is 0.192 e. The second-order valence-electron chi connectivity index (χ2n) is 11.1. The van der Waals surface area contributed by atoms with Crippen molar-refractivity contribution >= 4 is 30.8 Å². The number of aryl methyl sites for hydroxylation is 1. The summed E-state index contributed by atoms with van der Waals surface area (Å²) in [6.07, 6.45) is 2.38. The number of fused-ring (bicyclic) bond motifs is 1. The molecule has 0 bridgehead atoms. The first-order chi connectivity index (χ1) is 16.8.